The third-order valence-electron chi connectivity index (χ3n) is 3.49. The van der Waals surface area contributed by atoms with E-state index in [0.29, 0.717) is 23.7 Å². The molecule has 0 bridgehead atoms. The van der Waals surface area contributed by atoms with Crippen molar-refractivity contribution in [3.8, 4) is 5.75 Å². The zero-order valence-corrected chi connectivity index (χ0v) is 13.0. The van der Waals surface area contributed by atoms with Gasteiger partial charge in [-0.05, 0) is 23.8 Å². The highest BCUT2D eigenvalue weighted by Gasteiger charge is 2.26. The zero-order chi connectivity index (χ0) is 16.2. The number of carbonyl (C=O) groups is 2. The van der Waals surface area contributed by atoms with Crippen molar-refractivity contribution >= 4 is 34.8 Å². The normalized spacial score (nSPS) is 13.3. The fourth-order valence-corrected chi connectivity index (χ4v) is 2.48. The second-order valence-electron chi connectivity index (χ2n) is 5.12. The van der Waals surface area contributed by atoms with Gasteiger partial charge in [-0.15, -0.1) is 11.6 Å². The van der Waals surface area contributed by atoms with Crippen molar-refractivity contribution in [1.29, 1.82) is 0 Å². The molecule has 2 amide bonds. The number of nitrogens with one attached hydrogen (secondary N) is 1. The van der Waals surface area contributed by atoms with E-state index in [4.69, 9.17) is 16.3 Å². The molecule has 23 heavy (non-hydrogen) atoms. The molecule has 0 fully saturated rings. The minimum absolute atomic E-state index is 0.00716. The van der Waals surface area contributed by atoms with E-state index < -0.39 is 0 Å². The van der Waals surface area contributed by atoms with Gasteiger partial charge in [0, 0.05) is 5.69 Å². The molecule has 0 spiro atoms. The molecule has 1 N–H and O–H groups in total. The number of alkyl halides is 1. The molecule has 2 aromatic carbocycles. The second kappa shape index (κ2) is 6.71. The lowest BCUT2D eigenvalue weighted by atomic mass is 10.1. The highest BCUT2D eigenvalue weighted by molar-refractivity contribution is 6.29. The summed E-state index contributed by atoms with van der Waals surface area (Å²) in [4.78, 5) is 25.3. The van der Waals surface area contributed by atoms with Gasteiger partial charge in [-0.3, -0.25) is 9.59 Å². The summed E-state index contributed by atoms with van der Waals surface area (Å²) in [5.74, 6) is 0.0659. The smallest absolute Gasteiger partial charge is 0.265 e. The molecule has 0 saturated carbocycles. The van der Waals surface area contributed by atoms with Gasteiger partial charge in [0.1, 0.15) is 11.6 Å². The van der Waals surface area contributed by atoms with Gasteiger partial charge in [0.05, 0.1) is 12.2 Å². The average molecular weight is 331 g/mol. The maximum atomic E-state index is 12.2. The lowest BCUT2D eigenvalue weighted by Gasteiger charge is -2.30. The van der Waals surface area contributed by atoms with Gasteiger partial charge in [0.25, 0.3) is 5.91 Å². The van der Waals surface area contributed by atoms with Crippen LogP contribution in [0.2, 0.25) is 0 Å². The summed E-state index contributed by atoms with van der Waals surface area (Å²) in [5.41, 5.74) is 2.23. The highest BCUT2D eigenvalue weighted by atomic mass is 35.5. The molecule has 5 nitrogen and oxygen atoms in total. The minimum atomic E-state index is -0.302. The Hall–Kier alpha value is -2.53. The molecular weight excluding hydrogens is 316 g/mol. The van der Waals surface area contributed by atoms with Gasteiger partial charge in [-0.1, -0.05) is 30.3 Å². The Morgan fingerprint density at radius 3 is 2.74 bits per heavy atom. The monoisotopic (exact) mass is 330 g/mol. The Bertz CT molecular complexity index is 734. The first-order valence-electron chi connectivity index (χ1n) is 7.14. The van der Waals surface area contributed by atoms with E-state index in [1.54, 1.807) is 23.1 Å². The van der Waals surface area contributed by atoms with Crippen molar-refractivity contribution in [2.45, 2.75) is 6.54 Å². The summed E-state index contributed by atoms with van der Waals surface area (Å²) in [7, 11) is 0. The van der Waals surface area contributed by atoms with Crippen molar-refractivity contribution in [2.24, 2.45) is 0 Å². The number of halogens is 1. The summed E-state index contributed by atoms with van der Waals surface area (Å²) in [6.45, 7) is 0.455. The number of nitrogens with zero attached hydrogens (tertiary/aromatic N) is 1. The van der Waals surface area contributed by atoms with Crippen LogP contribution in [-0.4, -0.2) is 24.3 Å². The van der Waals surface area contributed by atoms with Gasteiger partial charge in [-0.25, -0.2) is 0 Å². The van der Waals surface area contributed by atoms with Crippen LogP contribution < -0.4 is 15.0 Å². The number of ether oxygens (including phenoxy) is 1. The van der Waals surface area contributed by atoms with Gasteiger partial charge < -0.3 is 15.0 Å². The molecule has 118 valence electrons. The first-order valence-corrected chi connectivity index (χ1v) is 7.68. The van der Waals surface area contributed by atoms with Crippen LogP contribution >= 0.6 is 11.6 Å². The van der Waals surface area contributed by atoms with E-state index in [9.17, 15) is 9.59 Å². The van der Waals surface area contributed by atoms with E-state index >= 15 is 0 Å². The molecule has 0 aromatic heterocycles. The summed E-state index contributed by atoms with van der Waals surface area (Å²) in [6, 6.07) is 14.9. The first-order chi connectivity index (χ1) is 11.2. The van der Waals surface area contributed by atoms with Gasteiger partial charge in [0.2, 0.25) is 5.91 Å². The van der Waals surface area contributed by atoms with Crippen LogP contribution in [0, 0.1) is 0 Å². The molecule has 1 aliphatic rings. The van der Waals surface area contributed by atoms with E-state index in [1.165, 1.54) is 0 Å². The molecule has 0 atom stereocenters. The van der Waals surface area contributed by atoms with Crippen molar-refractivity contribution < 1.29 is 14.3 Å². The summed E-state index contributed by atoms with van der Waals surface area (Å²) < 4.78 is 5.46. The summed E-state index contributed by atoms with van der Waals surface area (Å²) in [6.07, 6.45) is 0. The largest absolute Gasteiger partial charge is 0.482 e. The third kappa shape index (κ3) is 3.46. The summed E-state index contributed by atoms with van der Waals surface area (Å²) >= 11 is 5.50. The fraction of sp³-hybridized carbons (Fsp3) is 0.176. The average Bonchev–Trinajstić information content (AvgIpc) is 2.58. The van der Waals surface area contributed by atoms with Crippen LogP contribution in [0.4, 0.5) is 11.4 Å². The Labute approximate surface area is 138 Å². The van der Waals surface area contributed by atoms with Crippen LogP contribution in [0.5, 0.6) is 5.75 Å². The van der Waals surface area contributed by atoms with E-state index in [1.807, 2.05) is 30.3 Å². The van der Waals surface area contributed by atoms with E-state index in [-0.39, 0.29) is 24.3 Å². The molecule has 3 rings (SSSR count). The molecule has 0 unspecified atom stereocenters. The number of carbonyl (C=O) groups excluding carboxylic acids is 2. The standard InChI is InChI=1S/C17H15ClN2O3/c18-9-16(21)19-13-6-7-15-14(8-13)20(17(22)11-23-15)10-12-4-2-1-3-5-12/h1-8H,9-11H2,(H,19,21). The Kier molecular flexibility index (Phi) is 4.48. The second-order valence-corrected chi connectivity index (χ2v) is 5.39. The Balaban J connectivity index is 1.91. The van der Waals surface area contributed by atoms with Crippen LogP contribution in [0.15, 0.2) is 48.5 Å². The SMILES string of the molecule is O=C(CCl)Nc1ccc2c(c1)N(Cc1ccccc1)C(=O)CO2. The van der Waals surface area contributed by atoms with Gasteiger partial charge in [-0.2, -0.15) is 0 Å². The maximum absolute atomic E-state index is 12.2. The van der Waals surface area contributed by atoms with Crippen LogP contribution in [0.3, 0.4) is 0 Å². The first kappa shape index (κ1) is 15.4. The number of hydrogen-bond donors (Lipinski definition) is 1. The zero-order valence-electron chi connectivity index (χ0n) is 12.3. The summed E-state index contributed by atoms with van der Waals surface area (Å²) in [5, 5.41) is 2.68. The molecule has 1 heterocycles. The molecule has 0 radical (unpaired) electrons. The van der Waals surface area contributed by atoms with Gasteiger partial charge >= 0.3 is 0 Å². The van der Waals surface area contributed by atoms with Crippen molar-refractivity contribution in [1.82, 2.24) is 0 Å². The number of benzene rings is 2. The van der Waals surface area contributed by atoms with Crippen molar-refractivity contribution in [2.75, 3.05) is 22.7 Å². The third-order valence-corrected chi connectivity index (χ3v) is 3.73. The Morgan fingerprint density at radius 1 is 1.22 bits per heavy atom. The maximum Gasteiger partial charge on any atom is 0.265 e. The molecule has 1 aliphatic heterocycles. The van der Waals surface area contributed by atoms with Gasteiger partial charge in [0.15, 0.2) is 6.61 Å². The molecule has 0 aliphatic carbocycles. The topological polar surface area (TPSA) is 58.6 Å². The van der Waals surface area contributed by atoms with Crippen LogP contribution in [-0.2, 0) is 16.1 Å². The minimum Gasteiger partial charge on any atom is -0.482 e. The molecule has 0 saturated heterocycles. The number of fused-ring (bicyclic) bond motifs is 1. The molecule has 6 heteroatoms. The Morgan fingerprint density at radius 2 is 2.00 bits per heavy atom. The number of rotatable bonds is 4. The number of anilines is 2. The highest BCUT2D eigenvalue weighted by Crippen LogP contribution is 2.35. The van der Waals surface area contributed by atoms with Crippen LogP contribution in [0.25, 0.3) is 0 Å². The van der Waals surface area contributed by atoms with Crippen LogP contribution in [0.1, 0.15) is 5.56 Å². The quantitative estimate of drug-likeness (QED) is 0.877. The number of hydrogen-bond acceptors (Lipinski definition) is 3. The molecular formula is C17H15ClN2O3. The fourth-order valence-electron chi connectivity index (χ4n) is 2.41. The lowest BCUT2D eigenvalue weighted by molar-refractivity contribution is -0.121. The lowest BCUT2D eigenvalue weighted by Crippen LogP contribution is -2.38. The van der Waals surface area contributed by atoms with Crippen molar-refractivity contribution in [3.05, 3.63) is 54.1 Å². The molecule has 2 aromatic rings. The predicted molar refractivity (Wildman–Crippen MR) is 88.9 cm³/mol. The predicted octanol–water partition coefficient (Wildman–Crippen LogP) is 2.79. The van der Waals surface area contributed by atoms with Crippen molar-refractivity contribution in [3.63, 3.8) is 0 Å². The van der Waals surface area contributed by atoms with E-state index in [0.717, 1.165) is 5.56 Å². The number of amides is 2. The van der Waals surface area contributed by atoms with E-state index in [2.05, 4.69) is 5.32 Å².